The molecule has 1 aromatic heterocycles. The highest BCUT2D eigenvalue weighted by Gasteiger charge is 2.53. The van der Waals surface area contributed by atoms with Gasteiger partial charge in [0.1, 0.15) is 24.1 Å². The third-order valence-corrected chi connectivity index (χ3v) is 12.8. The number of aryl methyl sites for hydroxylation is 1. The van der Waals surface area contributed by atoms with E-state index in [2.05, 4.69) is 0 Å². The summed E-state index contributed by atoms with van der Waals surface area (Å²) in [4.78, 5) is 25.5. The first-order valence-corrected chi connectivity index (χ1v) is 19.7. The van der Waals surface area contributed by atoms with Crippen molar-refractivity contribution in [1.29, 1.82) is 0 Å². The van der Waals surface area contributed by atoms with Crippen LogP contribution in [0.4, 0.5) is 0 Å². The first kappa shape index (κ1) is 42.3. The van der Waals surface area contributed by atoms with Gasteiger partial charge in [0.25, 0.3) is 0 Å². The molecule has 1 aromatic rings. The number of carboxylic acids is 1. The Kier molecular flexibility index (Phi) is 13.6. The highest BCUT2D eigenvalue weighted by Crippen LogP contribution is 2.55. The van der Waals surface area contributed by atoms with Gasteiger partial charge >= 0.3 is 5.97 Å². The monoisotopic (exact) mass is 780 g/mol. The number of aliphatic hydroxyl groups is 3. The van der Waals surface area contributed by atoms with Crippen molar-refractivity contribution >= 4 is 11.8 Å². The van der Waals surface area contributed by atoms with Crippen molar-refractivity contribution in [3.05, 3.63) is 35.3 Å². The molecule has 0 bridgehead atoms. The SMILES string of the molecule is CO[C@H]1C[C@H](O[C@H]2[C@@H](O)C[C@H](O[C@H]3[C@@H](OC)C[C@H](O[C@@H]4CC5=CC[C@@H](C(=O)O)[C@H](CCC(=O)c6ccoc6C)[C@@]5(C)C[C@H]4O)O[C@@H]3C)O[C@@H]2C)O[C@@H](C)[C@@H]1O. The van der Waals surface area contributed by atoms with Gasteiger partial charge in [0.15, 0.2) is 24.7 Å². The van der Waals surface area contributed by atoms with Crippen LogP contribution in [0.2, 0.25) is 0 Å². The number of rotatable bonds is 13. The lowest BCUT2D eigenvalue weighted by Crippen LogP contribution is -2.57. The van der Waals surface area contributed by atoms with Crippen LogP contribution in [-0.2, 0) is 42.7 Å². The van der Waals surface area contributed by atoms with Crippen LogP contribution < -0.4 is 0 Å². The van der Waals surface area contributed by atoms with E-state index in [9.17, 15) is 30.0 Å². The molecule has 5 aliphatic rings. The maximum atomic E-state index is 13.0. The van der Waals surface area contributed by atoms with Gasteiger partial charge in [-0.15, -0.1) is 0 Å². The predicted octanol–water partition coefficient (Wildman–Crippen LogP) is 3.67. The molecule has 0 aromatic carbocycles. The number of aliphatic carboxylic acids is 1. The van der Waals surface area contributed by atoms with Crippen LogP contribution in [0.3, 0.4) is 0 Å². The van der Waals surface area contributed by atoms with Crippen LogP contribution in [0.5, 0.6) is 0 Å². The zero-order valence-electron chi connectivity index (χ0n) is 32.9. The largest absolute Gasteiger partial charge is 0.481 e. The Hall–Kier alpha value is -2.28. The van der Waals surface area contributed by atoms with E-state index in [0.29, 0.717) is 43.4 Å². The third-order valence-electron chi connectivity index (χ3n) is 12.8. The third kappa shape index (κ3) is 9.07. The summed E-state index contributed by atoms with van der Waals surface area (Å²) in [5.74, 6) is -1.49. The topological polar surface area (TPSA) is 202 Å². The molecule has 2 aliphatic carbocycles. The van der Waals surface area contributed by atoms with E-state index in [0.717, 1.165) is 5.57 Å². The van der Waals surface area contributed by atoms with Crippen molar-refractivity contribution < 1.29 is 72.3 Å². The van der Waals surface area contributed by atoms with Gasteiger partial charge < -0.3 is 62.7 Å². The zero-order valence-corrected chi connectivity index (χ0v) is 32.9. The summed E-state index contributed by atoms with van der Waals surface area (Å²) < 4.78 is 53.8. The average Bonchev–Trinajstić information content (AvgIpc) is 3.57. The molecule has 3 saturated heterocycles. The van der Waals surface area contributed by atoms with Gasteiger partial charge in [-0.05, 0) is 70.8 Å². The number of allylic oxidation sites excluding steroid dienone is 1. The molecular weight excluding hydrogens is 720 g/mol. The number of Topliss-reactive ketones (excluding diaryl/α,β-unsaturated/α-hetero) is 1. The molecule has 1 saturated carbocycles. The van der Waals surface area contributed by atoms with E-state index >= 15 is 0 Å². The molecule has 0 unspecified atom stereocenters. The summed E-state index contributed by atoms with van der Waals surface area (Å²) in [5.41, 5.74) is 0.893. The summed E-state index contributed by atoms with van der Waals surface area (Å²) in [6, 6.07) is 1.64. The first-order chi connectivity index (χ1) is 26.1. The van der Waals surface area contributed by atoms with Gasteiger partial charge in [-0.1, -0.05) is 18.6 Å². The normalized spacial score (nSPS) is 43.7. The van der Waals surface area contributed by atoms with Crippen LogP contribution in [0.25, 0.3) is 0 Å². The molecule has 4 N–H and O–H groups in total. The molecule has 3 aliphatic heterocycles. The van der Waals surface area contributed by atoms with Gasteiger partial charge in [-0.25, -0.2) is 0 Å². The van der Waals surface area contributed by atoms with Gasteiger partial charge in [-0.3, -0.25) is 9.59 Å². The lowest BCUT2D eigenvalue weighted by atomic mass is 9.55. The van der Waals surface area contributed by atoms with Crippen LogP contribution in [0.15, 0.2) is 28.4 Å². The van der Waals surface area contributed by atoms with Crippen molar-refractivity contribution in [2.45, 2.75) is 172 Å². The molecule has 0 spiro atoms. The molecule has 310 valence electrons. The van der Waals surface area contributed by atoms with Crippen LogP contribution in [-0.4, -0.2) is 132 Å². The number of carbonyl (C=O) groups excluding carboxylic acids is 1. The number of hydrogen-bond acceptors (Lipinski definition) is 14. The maximum Gasteiger partial charge on any atom is 0.307 e. The van der Waals surface area contributed by atoms with Gasteiger partial charge in [-0.2, -0.15) is 0 Å². The minimum absolute atomic E-state index is 0.0900. The van der Waals surface area contributed by atoms with E-state index in [1.54, 1.807) is 33.9 Å². The minimum atomic E-state index is -0.920. The second-order valence-electron chi connectivity index (χ2n) is 16.3. The Morgan fingerprint density at radius 1 is 0.836 bits per heavy atom. The molecule has 17 atom stereocenters. The Labute approximate surface area is 322 Å². The molecule has 15 heteroatoms. The molecule has 0 radical (unpaired) electrons. The quantitative estimate of drug-likeness (QED) is 0.167. The summed E-state index contributed by atoms with van der Waals surface area (Å²) in [7, 11) is 3.11. The molecule has 0 amide bonds. The van der Waals surface area contributed by atoms with E-state index in [1.165, 1.54) is 13.4 Å². The molecule has 4 heterocycles. The lowest BCUT2D eigenvalue weighted by molar-refractivity contribution is -0.338. The number of hydrogen-bond donors (Lipinski definition) is 4. The molecule has 6 rings (SSSR count). The summed E-state index contributed by atoms with van der Waals surface area (Å²) >= 11 is 0. The number of furan rings is 1. The lowest BCUT2D eigenvalue weighted by Gasteiger charge is -2.52. The highest BCUT2D eigenvalue weighted by molar-refractivity contribution is 5.96. The Morgan fingerprint density at radius 3 is 2.09 bits per heavy atom. The van der Waals surface area contributed by atoms with Gasteiger partial charge in [0.2, 0.25) is 0 Å². The van der Waals surface area contributed by atoms with Gasteiger partial charge in [0, 0.05) is 39.9 Å². The second-order valence-corrected chi connectivity index (χ2v) is 16.3. The summed E-state index contributed by atoms with van der Waals surface area (Å²) in [6.07, 6.45) is -3.30. The Bertz CT molecular complexity index is 1480. The van der Waals surface area contributed by atoms with Crippen LogP contribution in [0, 0.1) is 24.2 Å². The summed E-state index contributed by atoms with van der Waals surface area (Å²) in [5, 5.41) is 43.1. The van der Waals surface area contributed by atoms with Crippen molar-refractivity contribution in [3.63, 3.8) is 0 Å². The van der Waals surface area contributed by atoms with Crippen molar-refractivity contribution in [2.75, 3.05) is 14.2 Å². The van der Waals surface area contributed by atoms with Gasteiger partial charge in [0.05, 0.1) is 66.6 Å². The molecule has 55 heavy (non-hydrogen) atoms. The van der Waals surface area contributed by atoms with Crippen LogP contribution >= 0.6 is 0 Å². The number of fused-ring (bicyclic) bond motifs is 1. The predicted molar refractivity (Wildman–Crippen MR) is 193 cm³/mol. The van der Waals surface area contributed by atoms with E-state index in [-0.39, 0.29) is 31.0 Å². The fourth-order valence-electron chi connectivity index (χ4n) is 9.59. The number of carbonyl (C=O) groups is 2. The highest BCUT2D eigenvalue weighted by atomic mass is 16.7. The average molecular weight is 781 g/mol. The smallest absolute Gasteiger partial charge is 0.307 e. The van der Waals surface area contributed by atoms with E-state index in [1.807, 2.05) is 19.9 Å². The second kappa shape index (κ2) is 17.7. The number of ketones is 1. The zero-order chi connectivity index (χ0) is 39.8. The van der Waals surface area contributed by atoms with E-state index < -0.39 is 103 Å². The van der Waals surface area contributed by atoms with E-state index in [4.69, 9.17) is 42.3 Å². The Balaban J connectivity index is 1.04. The number of methoxy groups -OCH3 is 2. The molecule has 4 fully saturated rings. The Morgan fingerprint density at radius 2 is 1.45 bits per heavy atom. The van der Waals surface area contributed by atoms with Crippen molar-refractivity contribution in [2.24, 2.45) is 17.3 Å². The number of aliphatic hydroxyl groups excluding tert-OH is 3. The fraction of sp³-hybridized carbons (Fsp3) is 0.800. The maximum absolute atomic E-state index is 13.0. The standard InChI is InChI=1S/C40H60O15/c1-19-24(12-13-49-19)27(41)11-10-26-25(39(45)46)9-8-23-14-30(29(43)18-40(23,26)5)53-34-17-32(48-7)38(22(4)52-34)55-33-15-28(42)37(21(3)51-33)54-35-16-31(47-6)36(44)20(2)50-35/h8,12-13,20-22,25-26,28-38,42-44H,9-11,14-18H2,1-7H3,(H,45,46)/t20-,21+,22+,25+,26-,28-,29+,30+,31-,32-,33-,34-,35-,36-,37+,38+,40-/m0/s1. The molecular formula is C40H60O15. The molecule has 15 nitrogen and oxygen atoms in total. The summed E-state index contributed by atoms with van der Waals surface area (Å²) in [6.45, 7) is 9.12. The van der Waals surface area contributed by atoms with Crippen LogP contribution in [0.1, 0.15) is 95.2 Å². The van der Waals surface area contributed by atoms with Crippen molar-refractivity contribution in [3.8, 4) is 0 Å². The fourth-order valence-corrected chi connectivity index (χ4v) is 9.59. The van der Waals surface area contributed by atoms with Crippen molar-refractivity contribution in [1.82, 2.24) is 0 Å². The minimum Gasteiger partial charge on any atom is -0.481 e. The number of ether oxygens (including phenoxy) is 8. The first-order valence-electron chi connectivity index (χ1n) is 19.7. The number of carboxylic acid groups (broad SMARTS) is 1.